The lowest BCUT2D eigenvalue weighted by atomic mass is 9.78. The van der Waals surface area contributed by atoms with Crippen molar-refractivity contribution < 1.29 is 19.4 Å². The number of likely N-dealkylation sites (tertiary alicyclic amines) is 1. The van der Waals surface area contributed by atoms with Crippen LogP contribution in [0.15, 0.2) is 18.5 Å². The maximum Gasteiger partial charge on any atom is 0.408 e. The number of hydrogen-bond donors (Lipinski definition) is 2. The summed E-state index contributed by atoms with van der Waals surface area (Å²) in [6.45, 7) is 3.57. The number of carbonyl (C=O) groups is 1. The molecular formula is C12H15FN2O3. The highest BCUT2D eigenvalue weighted by Gasteiger charge is 2.51. The molecule has 1 amide bonds. The predicted octanol–water partition coefficient (Wildman–Crippen LogP) is 1.78. The van der Waals surface area contributed by atoms with Crippen molar-refractivity contribution in [2.45, 2.75) is 38.0 Å². The lowest BCUT2D eigenvalue weighted by Gasteiger charge is -2.54. The van der Waals surface area contributed by atoms with E-state index in [0.717, 1.165) is 6.20 Å². The number of rotatable bonds is 2. The third-order valence-electron chi connectivity index (χ3n) is 3.33. The zero-order valence-electron chi connectivity index (χ0n) is 10.2. The van der Waals surface area contributed by atoms with Gasteiger partial charge in [0.15, 0.2) is 0 Å². The minimum Gasteiger partial charge on any atom is -0.465 e. The molecule has 2 atom stereocenters. The lowest BCUT2D eigenvalue weighted by Crippen LogP contribution is -2.66. The van der Waals surface area contributed by atoms with E-state index in [1.165, 1.54) is 17.2 Å². The molecule has 1 aromatic heterocycles. The summed E-state index contributed by atoms with van der Waals surface area (Å²) in [5.41, 5.74) is -0.208. The molecule has 0 aliphatic carbocycles. The largest absolute Gasteiger partial charge is 0.465 e. The van der Waals surface area contributed by atoms with Gasteiger partial charge < -0.3 is 10.2 Å². The Hall–Kier alpha value is -1.69. The average molecular weight is 254 g/mol. The van der Waals surface area contributed by atoms with Gasteiger partial charge in [0.05, 0.1) is 12.2 Å². The van der Waals surface area contributed by atoms with Crippen LogP contribution >= 0.6 is 0 Å². The highest BCUT2D eigenvalue weighted by Crippen LogP contribution is 2.42. The average Bonchev–Trinajstić information content (AvgIpc) is 2.24. The number of pyridine rings is 1. The Bertz CT molecular complexity index is 478. The molecular weight excluding hydrogens is 239 g/mol. The second-order valence-electron chi connectivity index (χ2n) is 5.12. The van der Waals surface area contributed by atoms with Gasteiger partial charge in [0.25, 0.3) is 0 Å². The van der Waals surface area contributed by atoms with Crippen molar-refractivity contribution in [3.05, 3.63) is 29.8 Å². The fourth-order valence-corrected chi connectivity index (χ4v) is 2.50. The van der Waals surface area contributed by atoms with Gasteiger partial charge in [-0.25, -0.2) is 9.18 Å². The second-order valence-corrected chi connectivity index (χ2v) is 5.12. The van der Waals surface area contributed by atoms with E-state index in [1.807, 2.05) is 0 Å². The molecule has 1 aliphatic rings. The van der Waals surface area contributed by atoms with Gasteiger partial charge in [0.1, 0.15) is 11.9 Å². The van der Waals surface area contributed by atoms with Crippen LogP contribution in [0.2, 0.25) is 0 Å². The Balaban J connectivity index is 2.20. The minimum absolute atomic E-state index is 0.293. The molecule has 1 aromatic rings. The van der Waals surface area contributed by atoms with E-state index in [0.29, 0.717) is 12.0 Å². The molecule has 1 fully saturated rings. The molecule has 0 aromatic carbocycles. The van der Waals surface area contributed by atoms with Crippen LogP contribution in [0.1, 0.15) is 31.9 Å². The van der Waals surface area contributed by atoms with Crippen molar-refractivity contribution in [1.82, 2.24) is 9.88 Å². The van der Waals surface area contributed by atoms with Crippen LogP contribution in [0.5, 0.6) is 0 Å². The molecule has 2 heterocycles. The summed E-state index contributed by atoms with van der Waals surface area (Å²) in [5.74, 6) is -0.549. The highest BCUT2D eigenvalue weighted by molar-refractivity contribution is 5.68. The zero-order valence-corrected chi connectivity index (χ0v) is 10.2. The van der Waals surface area contributed by atoms with Gasteiger partial charge in [-0.1, -0.05) is 0 Å². The van der Waals surface area contributed by atoms with Gasteiger partial charge in [-0.2, -0.15) is 0 Å². The molecule has 2 N–H and O–H groups in total. The topological polar surface area (TPSA) is 73.7 Å². The summed E-state index contributed by atoms with van der Waals surface area (Å²) >= 11 is 0. The third-order valence-corrected chi connectivity index (χ3v) is 3.33. The normalized spacial score (nSPS) is 23.3. The number of hydrogen-bond acceptors (Lipinski definition) is 3. The minimum atomic E-state index is -1.08. The monoisotopic (exact) mass is 254 g/mol. The van der Waals surface area contributed by atoms with Crippen molar-refractivity contribution in [2.24, 2.45) is 0 Å². The molecule has 1 saturated heterocycles. The number of nitrogens with zero attached hydrogens (tertiary/aromatic N) is 2. The summed E-state index contributed by atoms with van der Waals surface area (Å²) in [5, 5.41) is 19.2. The lowest BCUT2D eigenvalue weighted by molar-refractivity contribution is -0.0853. The van der Waals surface area contributed by atoms with Gasteiger partial charge >= 0.3 is 6.09 Å². The maximum absolute atomic E-state index is 13.0. The number of amides is 1. The number of carboxylic acid groups (broad SMARTS) is 1. The first-order chi connectivity index (χ1) is 8.33. The van der Waals surface area contributed by atoms with Crippen LogP contribution in [0, 0.1) is 5.82 Å². The van der Waals surface area contributed by atoms with Crippen LogP contribution in [0.4, 0.5) is 9.18 Å². The summed E-state index contributed by atoms with van der Waals surface area (Å²) in [4.78, 5) is 16.0. The van der Waals surface area contributed by atoms with Crippen molar-refractivity contribution in [3.63, 3.8) is 0 Å². The van der Waals surface area contributed by atoms with Crippen LogP contribution in [0.3, 0.4) is 0 Å². The molecule has 0 saturated carbocycles. The molecule has 2 rings (SSSR count). The number of aliphatic hydroxyl groups is 1. The number of aliphatic hydroxyl groups excluding tert-OH is 1. The first-order valence-electron chi connectivity index (χ1n) is 5.64. The zero-order chi connectivity index (χ0) is 13.5. The Morgan fingerprint density at radius 1 is 1.61 bits per heavy atom. The quantitative estimate of drug-likeness (QED) is 0.843. The summed E-state index contributed by atoms with van der Waals surface area (Å²) in [6, 6.07) is 0.615. The van der Waals surface area contributed by atoms with E-state index in [9.17, 15) is 14.3 Å². The SMILES string of the molecule is CC1(C)CC([C@@H](O)c2cncc(F)c2)N1C(=O)O. The van der Waals surface area contributed by atoms with Gasteiger partial charge in [-0.05, 0) is 26.3 Å². The maximum atomic E-state index is 13.0. The predicted molar refractivity (Wildman–Crippen MR) is 61.5 cm³/mol. The Morgan fingerprint density at radius 3 is 2.78 bits per heavy atom. The number of halogens is 1. The van der Waals surface area contributed by atoms with Crippen LogP contribution in [0.25, 0.3) is 0 Å². The first kappa shape index (κ1) is 12.8. The second kappa shape index (κ2) is 4.20. The highest BCUT2D eigenvalue weighted by atomic mass is 19.1. The molecule has 5 nitrogen and oxygen atoms in total. The molecule has 0 radical (unpaired) electrons. The smallest absolute Gasteiger partial charge is 0.408 e. The van der Waals surface area contributed by atoms with Gasteiger partial charge in [0, 0.05) is 17.3 Å². The van der Waals surface area contributed by atoms with E-state index in [4.69, 9.17) is 5.11 Å². The standard InChI is InChI=1S/C12H15FN2O3/c1-12(2)4-9(15(12)11(17)18)10(16)7-3-8(13)6-14-5-7/h3,5-6,9-10,16H,4H2,1-2H3,(H,17,18)/t9?,10-/m0/s1. The van der Waals surface area contributed by atoms with Gasteiger partial charge in [-0.15, -0.1) is 0 Å². The van der Waals surface area contributed by atoms with Crippen molar-refractivity contribution in [1.29, 1.82) is 0 Å². The van der Waals surface area contributed by atoms with Crippen molar-refractivity contribution in [2.75, 3.05) is 0 Å². The van der Waals surface area contributed by atoms with E-state index >= 15 is 0 Å². The van der Waals surface area contributed by atoms with Crippen LogP contribution in [-0.4, -0.2) is 37.8 Å². The van der Waals surface area contributed by atoms with E-state index in [2.05, 4.69) is 4.98 Å². The Labute approximate surface area is 104 Å². The first-order valence-corrected chi connectivity index (χ1v) is 5.64. The summed E-state index contributed by atoms with van der Waals surface area (Å²) in [7, 11) is 0. The molecule has 18 heavy (non-hydrogen) atoms. The molecule has 1 unspecified atom stereocenters. The number of aromatic nitrogens is 1. The van der Waals surface area contributed by atoms with Crippen molar-refractivity contribution >= 4 is 6.09 Å². The Kier molecular flexibility index (Phi) is 2.98. The van der Waals surface area contributed by atoms with Gasteiger partial charge in [-0.3, -0.25) is 9.88 Å². The fraction of sp³-hybridized carbons (Fsp3) is 0.500. The third kappa shape index (κ3) is 2.03. The van der Waals surface area contributed by atoms with Crippen molar-refractivity contribution in [3.8, 4) is 0 Å². The van der Waals surface area contributed by atoms with E-state index in [-0.39, 0.29) is 0 Å². The molecule has 98 valence electrons. The van der Waals surface area contributed by atoms with Crippen LogP contribution < -0.4 is 0 Å². The van der Waals surface area contributed by atoms with Crippen LogP contribution in [-0.2, 0) is 0 Å². The Morgan fingerprint density at radius 2 is 2.28 bits per heavy atom. The van der Waals surface area contributed by atoms with E-state index < -0.39 is 29.6 Å². The molecule has 0 spiro atoms. The fourth-order valence-electron chi connectivity index (χ4n) is 2.50. The molecule has 0 bridgehead atoms. The summed E-state index contributed by atoms with van der Waals surface area (Å²) in [6.07, 6.45) is 0.767. The summed E-state index contributed by atoms with van der Waals surface area (Å²) < 4.78 is 13.0. The van der Waals surface area contributed by atoms with Gasteiger partial charge in [0.2, 0.25) is 0 Å². The molecule has 1 aliphatic heterocycles. The van der Waals surface area contributed by atoms with E-state index in [1.54, 1.807) is 13.8 Å². The molecule has 6 heteroatoms.